The van der Waals surface area contributed by atoms with Crippen LogP contribution in [0.15, 0.2) is 24.3 Å². The molecule has 1 fully saturated rings. The summed E-state index contributed by atoms with van der Waals surface area (Å²) in [6.07, 6.45) is 0. The molecule has 2 amide bonds. The van der Waals surface area contributed by atoms with Gasteiger partial charge in [-0.15, -0.1) is 0 Å². The van der Waals surface area contributed by atoms with Crippen LogP contribution in [-0.4, -0.2) is 48.9 Å². The minimum Gasteiger partial charge on any atom is -0.355 e. The van der Waals surface area contributed by atoms with Gasteiger partial charge in [-0.2, -0.15) is 5.26 Å². The number of likely N-dealkylation sites (N-methyl/N-ethyl adjacent to an activating group) is 1. The summed E-state index contributed by atoms with van der Waals surface area (Å²) in [5.74, 6) is -0.376. The van der Waals surface area contributed by atoms with E-state index in [-0.39, 0.29) is 11.8 Å². The van der Waals surface area contributed by atoms with Crippen LogP contribution in [0, 0.1) is 11.3 Å². The number of piperazine rings is 1. The number of nitrogens with one attached hydrogen (secondary N) is 2. The Labute approximate surface area is 123 Å². The molecule has 1 atom stereocenters. The van der Waals surface area contributed by atoms with Crippen LogP contribution >= 0.6 is 0 Å². The van der Waals surface area contributed by atoms with E-state index >= 15 is 0 Å². The summed E-state index contributed by atoms with van der Waals surface area (Å²) in [5.41, 5.74) is 0.871. The second kappa shape index (κ2) is 6.86. The van der Waals surface area contributed by atoms with E-state index in [4.69, 9.17) is 5.26 Å². The van der Waals surface area contributed by atoms with Gasteiger partial charge in [0.15, 0.2) is 0 Å². The maximum Gasteiger partial charge on any atom is 0.254 e. The maximum atomic E-state index is 12.6. The second-order valence-corrected chi connectivity index (χ2v) is 4.81. The quantitative estimate of drug-likeness (QED) is 0.826. The van der Waals surface area contributed by atoms with E-state index in [0.29, 0.717) is 37.3 Å². The van der Waals surface area contributed by atoms with Gasteiger partial charge >= 0.3 is 0 Å². The smallest absolute Gasteiger partial charge is 0.254 e. The molecule has 0 spiro atoms. The standard InChI is InChI=1S/C15H18N4O2/c1-2-18-14(20)13-10-17-6-7-19(13)15(21)12-5-3-4-11(8-12)9-16/h3-5,8,13,17H,2,6-7,10H2,1H3,(H,18,20). The molecule has 21 heavy (non-hydrogen) atoms. The number of amides is 2. The third-order valence-corrected chi connectivity index (χ3v) is 3.40. The SMILES string of the molecule is CCNC(=O)C1CNCCN1C(=O)c1cccc(C#N)c1. The lowest BCUT2D eigenvalue weighted by Crippen LogP contribution is -2.59. The van der Waals surface area contributed by atoms with Gasteiger partial charge in [0.1, 0.15) is 6.04 Å². The molecule has 6 nitrogen and oxygen atoms in total. The number of benzene rings is 1. The van der Waals surface area contributed by atoms with Crippen LogP contribution < -0.4 is 10.6 Å². The van der Waals surface area contributed by atoms with Gasteiger partial charge in [0.05, 0.1) is 11.6 Å². The lowest BCUT2D eigenvalue weighted by Gasteiger charge is -2.35. The Kier molecular flexibility index (Phi) is 4.90. The van der Waals surface area contributed by atoms with Gasteiger partial charge in [-0.05, 0) is 25.1 Å². The van der Waals surface area contributed by atoms with Gasteiger partial charge < -0.3 is 15.5 Å². The summed E-state index contributed by atoms with van der Waals surface area (Å²) in [5, 5.41) is 14.8. The molecule has 110 valence electrons. The van der Waals surface area contributed by atoms with Gasteiger partial charge in [-0.1, -0.05) is 6.07 Å². The van der Waals surface area contributed by atoms with Crippen molar-refractivity contribution in [2.45, 2.75) is 13.0 Å². The average molecular weight is 286 g/mol. The van der Waals surface area contributed by atoms with Crippen LogP contribution in [0.2, 0.25) is 0 Å². The van der Waals surface area contributed by atoms with E-state index in [1.807, 2.05) is 13.0 Å². The Morgan fingerprint density at radius 3 is 3.05 bits per heavy atom. The fourth-order valence-electron chi connectivity index (χ4n) is 2.36. The van der Waals surface area contributed by atoms with Crippen molar-refractivity contribution in [3.05, 3.63) is 35.4 Å². The molecule has 0 bridgehead atoms. The second-order valence-electron chi connectivity index (χ2n) is 4.81. The largest absolute Gasteiger partial charge is 0.355 e. The Morgan fingerprint density at radius 1 is 1.52 bits per heavy atom. The van der Waals surface area contributed by atoms with Crippen molar-refractivity contribution in [3.63, 3.8) is 0 Å². The first kappa shape index (κ1) is 15.0. The fourth-order valence-corrected chi connectivity index (χ4v) is 2.36. The van der Waals surface area contributed by atoms with Crippen LogP contribution in [0.4, 0.5) is 0 Å². The Morgan fingerprint density at radius 2 is 2.33 bits per heavy atom. The Balaban J connectivity index is 2.22. The average Bonchev–Trinajstić information content (AvgIpc) is 2.54. The Hall–Kier alpha value is -2.39. The van der Waals surface area contributed by atoms with Crippen molar-refractivity contribution in [2.24, 2.45) is 0 Å². The molecule has 0 saturated carbocycles. The highest BCUT2D eigenvalue weighted by Gasteiger charge is 2.32. The summed E-state index contributed by atoms with van der Waals surface area (Å²) in [6.45, 7) is 3.94. The molecule has 2 N–H and O–H groups in total. The van der Waals surface area contributed by atoms with E-state index in [9.17, 15) is 9.59 Å². The van der Waals surface area contributed by atoms with Crippen molar-refractivity contribution >= 4 is 11.8 Å². The number of nitrogens with zero attached hydrogens (tertiary/aromatic N) is 2. The highest BCUT2D eigenvalue weighted by Crippen LogP contribution is 2.12. The van der Waals surface area contributed by atoms with Gasteiger partial charge in [0.25, 0.3) is 5.91 Å². The summed E-state index contributed by atoms with van der Waals surface area (Å²) in [4.78, 5) is 26.2. The predicted octanol–water partition coefficient (Wildman–Crippen LogP) is 0.108. The molecule has 1 aromatic carbocycles. The number of hydrogen-bond acceptors (Lipinski definition) is 4. The zero-order valence-electron chi connectivity index (χ0n) is 11.9. The third kappa shape index (κ3) is 3.38. The van der Waals surface area contributed by atoms with Gasteiger partial charge in [0, 0.05) is 31.7 Å². The molecule has 1 aliphatic heterocycles. The molecule has 1 aromatic rings. The zero-order chi connectivity index (χ0) is 15.2. The van der Waals surface area contributed by atoms with E-state index in [1.54, 1.807) is 29.2 Å². The van der Waals surface area contributed by atoms with Gasteiger partial charge in [-0.3, -0.25) is 9.59 Å². The Bertz CT molecular complexity index is 579. The molecule has 2 rings (SSSR count). The number of nitriles is 1. The highest BCUT2D eigenvalue weighted by atomic mass is 16.2. The van der Waals surface area contributed by atoms with E-state index in [2.05, 4.69) is 10.6 Å². The van der Waals surface area contributed by atoms with Crippen molar-refractivity contribution in [1.82, 2.24) is 15.5 Å². The number of rotatable bonds is 3. The van der Waals surface area contributed by atoms with Crippen LogP contribution in [0.5, 0.6) is 0 Å². The van der Waals surface area contributed by atoms with E-state index in [0.717, 1.165) is 0 Å². The summed E-state index contributed by atoms with van der Waals surface area (Å²) in [6, 6.07) is 8.05. The molecule has 0 radical (unpaired) electrons. The van der Waals surface area contributed by atoms with Crippen molar-refractivity contribution in [1.29, 1.82) is 5.26 Å². The van der Waals surface area contributed by atoms with Gasteiger partial charge in [0.2, 0.25) is 5.91 Å². The normalized spacial score (nSPS) is 17.9. The summed E-state index contributed by atoms with van der Waals surface area (Å²) < 4.78 is 0. The van der Waals surface area contributed by atoms with Gasteiger partial charge in [-0.25, -0.2) is 0 Å². The van der Waals surface area contributed by atoms with E-state index in [1.165, 1.54) is 0 Å². The minimum atomic E-state index is -0.517. The summed E-state index contributed by atoms with van der Waals surface area (Å²) >= 11 is 0. The van der Waals surface area contributed by atoms with Crippen LogP contribution in [0.3, 0.4) is 0 Å². The number of hydrogen-bond donors (Lipinski definition) is 2. The zero-order valence-corrected chi connectivity index (χ0v) is 11.9. The minimum absolute atomic E-state index is 0.158. The molecular formula is C15H18N4O2. The number of carbonyl (C=O) groups is 2. The molecule has 0 aliphatic carbocycles. The van der Waals surface area contributed by atoms with E-state index < -0.39 is 6.04 Å². The third-order valence-electron chi connectivity index (χ3n) is 3.40. The molecule has 0 aromatic heterocycles. The molecule has 1 aliphatic rings. The lowest BCUT2D eigenvalue weighted by atomic mass is 10.1. The molecule has 1 saturated heterocycles. The summed E-state index contributed by atoms with van der Waals surface area (Å²) in [7, 11) is 0. The van der Waals surface area contributed by atoms with Crippen LogP contribution in [-0.2, 0) is 4.79 Å². The first-order valence-electron chi connectivity index (χ1n) is 6.97. The monoisotopic (exact) mass is 286 g/mol. The molecule has 1 unspecified atom stereocenters. The number of carbonyl (C=O) groups excluding carboxylic acids is 2. The molecule has 1 heterocycles. The lowest BCUT2D eigenvalue weighted by molar-refractivity contribution is -0.126. The molecule has 6 heteroatoms. The van der Waals surface area contributed by atoms with Crippen molar-refractivity contribution < 1.29 is 9.59 Å². The predicted molar refractivity (Wildman–Crippen MR) is 77.5 cm³/mol. The highest BCUT2D eigenvalue weighted by molar-refractivity contribution is 5.98. The van der Waals surface area contributed by atoms with Crippen molar-refractivity contribution in [2.75, 3.05) is 26.2 Å². The van der Waals surface area contributed by atoms with Crippen LogP contribution in [0.25, 0.3) is 0 Å². The first-order chi connectivity index (χ1) is 10.2. The topological polar surface area (TPSA) is 85.2 Å². The first-order valence-corrected chi connectivity index (χ1v) is 6.97. The van der Waals surface area contributed by atoms with Crippen molar-refractivity contribution in [3.8, 4) is 6.07 Å². The van der Waals surface area contributed by atoms with Crippen LogP contribution in [0.1, 0.15) is 22.8 Å². The fraction of sp³-hybridized carbons (Fsp3) is 0.400. The molecular weight excluding hydrogens is 268 g/mol. The maximum absolute atomic E-state index is 12.6.